The summed E-state index contributed by atoms with van der Waals surface area (Å²) >= 11 is 0. The lowest BCUT2D eigenvalue weighted by atomic mass is 10.1. The van der Waals surface area contributed by atoms with E-state index in [0.717, 1.165) is 28.2 Å². The van der Waals surface area contributed by atoms with Crippen LogP contribution in [0.4, 0.5) is 11.6 Å². The molecule has 0 radical (unpaired) electrons. The highest BCUT2D eigenvalue weighted by Crippen LogP contribution is 2.26. The number of benzene rings is 1. The Balaban J connectivity index is 1.65. The van der Waals surface area contributed by atoms with E-state index in [2.05, 4.69) is 20.5 Å². The molecule has 0 unspecified atom stereocenters. The van der Waals surface area contributed by atoms with Crippen molar-refractivity contribution in [3.63, 3.8) is 0 Å². The Morgan fingerprint density at radius 3 is 2.78 bits per heavy atom. The van der Waals surface area contributed by atoms with Gasteiger partial charge >= 0.3 is 0 Å². The largest absolute Gasteiger partial charge is 0.497 e. The first kappa shape index (κ1) is 17.0. The third-order valence-corrected chi connectivity index (χ3v) is 4.34. The van der Waals surface area contributed by atoms with Gasteiger partial charge in [0.1, 0.15) is 5.75 Å². The molecule has 0 aliphatic heterocycles. The van der Waals surface area contributed by atoms with Crippen LogP contribution in [0, 0.1) is 0 Å². The molecule has 0 saturated heterocycles. The number of anilines is 2. The first-order valence-corrected chi connectivity index (χ1v) is 8.60. The second-order valence-corrected chi connectivity index (χ2v) is 6.22. The number of ether oxygens (including phenoxy) is 1. The standard InChI is InChI=1S/C19H20N6O2/c1-13(12-26)25-11-15(10-20-25)21-19-22-18-17(4-3-9-24(18)23-19)14-5-7-16(27-2)8-6-14/h3-11,13,26H,12H2,1-2H3,(H,21,23)/t13-/m0/s1. The molecule has 0 spiro atoms. The molecule has 4 rings (SSSR count). The molecule has 3 aromatic heterocycles. The maximum Gasteiger partial charge on any atom is 0.247 e. The fourth-order valence-corrected chi connectivity index (χ4v) is 2.81. The average Bonchev–Trinajstić information content (AvgIpc) is 3.34. The van der Waals surface area contributed by atoms with Crippen LogP contribution in [-0.2, 0) is 0 Å². The fraction of sp³-hybridized carbons (Fsp3) is 0.211. The van der Waals surface area contributed by atoms with Crippen LogP contribution in [-0.4, -0.2) is 43.2 Å². The summed E-state index contributed by atoms with van der Waals surface area (Å²) in [5.74, 6) is 1.29. The van der Waals surface area contributed by atoms with Crippen LogP contribution in [0.3, 0.4) is 0 Å². The Morgan fingerprint density at radius 1 is 1.22 bits per heavy atom. The van der Waals surface area contributed by atoms with Gasteiger partial charge in [0.25, 0.3) is 0 Å². The lowest BCUT2D eigenvalue weighted by Gasteiger charge is -2.06. The first-order chi connectivity index (χ1) is 13.2. The van der Waals surface area contributed by atoms with Gasteiger partial charge in [0.15, 0.2) is 5.65 Å². The lowest BCUT2D eigenvalue weighted by molar-refractivity contribution is 0.230. The Morgan fingerprint density at radius 2 is 2.04 bits per heavy atom. The summed E-state index contributed by atoms with van der Waals surface area (Å²) in [6.07, 6.45) is 5.36. The van der Waals surface area contributed by atoms with E-state index in [1.807, 2.05) is 55.7 Å². The maximum atomic E-state index is 9.24. The number of pyridine rings is 1. The second kappa shape index (κ2) is 7.08. The van der Waals surface area contributed by atoms with Gasteiger partial charge in [-0.15, -0.1) is 5.10 Å². The molecule has 138 valence electrons. The van der Waals surface area contributed by atoms with Gasteiger partial charge in [0.05, 0.1) is 31.6 Å². The summed E-state index contributed by atoms with van der Waals surface area (Å²) < 4.78 is 8.66. The molecule has 1 atom stereocenters. The van der Waals surface area contributed by atoms with Crippen LogP contribution in [0.15, 0.2) is 55.0 Å². The zero-order valence-corrected chi connectivity index (χ0v) is 15.1. The van der Waals surface area contributed by atoms with Crippen molar-refractivity contribution in [1.82, 2.24) is 24.4 Å². The third kappa shape index (κ3) is 3.34. The summed E-state index contributed by atoms with van der Waals surface area (Å²) in [5, 5.41) is 21.1. The number of fused-ring (bicyclic) bond motifs is 1. The van der Waals surface area contributed by atoms with E-state index in [9.17, 15) is 5.11 Å². The molecule has 8 nitrogen and oxygen atoms in total. The highest BCUT2D eigenvalue weighted by Gasteiger charge is 2.11. The molecule has 2 N–H and O–H groups in total. The van der Waals surface area contributed by atoms with Gasteiger partial charge in [-0.3, -0.25) is 4.68 Å². The minimum absolute atomic E-state index is 0.0267. The Hall–Kier alpha value is -3.39. The third-order valence-electron chi connectivity index (χ3n) is 4.34. The molecular weight excluding hydrogens is 344 g/mol. The number of aliphatic hydroxyl groups excluding tert-OH is 1. The molecule has 0 fully saturated rings. The average molecular weight is 364 g/mol. The number of nitrogens with one attached hydrogen (secondary N) is 1. The van der Waals surface area contributed by atoms with Gasteiger partial charge in [0, 0.05) is 18.0 Å². The molecule has 3 heterocycles. The molecular formula is C19H20N6O2. The molecule has 8 heteroatoms. The van der Waals surface area contributed by atoms with Gasteiger partial charge < -0.3 is 15.2 Å². The zero-order valence-electron chi connectivity index (χ0n) is 15.1. The van der Waals surface area contributed by atoms with Crippen LogP contribution in [0.25, 0.3) is 16.8 Å². The second-order valence-electron chi connectivity index (χ2n) is 6.22. The van der Waals surface area contributed by atoms with Crippen LogP contribution in [0.5, 0.6) is 5.75 Å². The molecule has 0 aliphatic rings. The highest BCUT2D eigenvalue weighted by molar-refractivity contribution is 5.78. The van der Waals surface area contributed by atoms with E-state index in [0.29, 0.717) is 5.95 Å². The van der Waals surface area contributed by atoms with Crippen LogP contribution in [0.1, 0.15) is 13.0 Å². The van der Waals surface area contributed by atoms with Crippen molar-refractivity contribution in [1.29, 1.82) is 0 Å². The Labute approximate surface area is 156 Å². The van der Waals surface area contributed by atoms with Gasteiger partial charge in [-0.25, -0.2) is 4.52 Å². The Kier molecular flexibility index (Phi) is 4.47. The van der Waals surface area contributed by atoms with Crippen molar-refractivity contribution in [2.24, 2.45) is 0 Å². The van der Waals surface area contributed by atoms with Gasteiger partial charge in [-0.2, -0.15) is 10.1 Å². The minimum atomic E-state index is -0.0868. The minimum Gasteiger partial charge on any atom is -0.497 e. The van der Waals surface area contributed by atoms with Gasteiger partial charge in [0.2, 0.25) is 5.95 Å². The van der Waals surface area contributed by atoms with Crippen LogP contribution in [0.2, 0.25) is 0 Å². The molecule has 4 aromatic rings. The fourth-order valence-electron chi connectivity index (χ4n) is 2.81. The predicted octanol–water partition coefficient (Wildman–Crippen LogP) is 2.90. The normalized spacial score (nSPS) is 12.3. The number of hydrogen-bond acceptors (Lipinski definition) is 6. The van der Waals surface area contributed by atoms with E-state index >= 15 is 0 Å². The molecule has 0 amide bonds. The first-order valence-electron chi connectivity index (χ1n) is 8.60. The van der Waals surface area contributed by atoms with E-state index in [4.69, 9.17) is 4.74 Å². The van der Waals surface area contributed by atoms with Crippen molar-refractivity contribution in [2.45, 2.75) is 13.0 Å². The predicted molar refractivity (Wildman–Crippen MR) is 102 cm³/mol. The van der Waals surface area contributed by atoms with Crippen molar-refractivity contribution in [2.75, 3.05) is 19.0 Å². The topological polar surface area (TPSA) is 89.5 Å². The summed E-state index contributed by atoms with van der Waals surface area (Å²) in [7, 11) is 1.65. The summed E-state index contributed by atoms with van der Waals surface area (Å²) in [4.78, 5) is 4.62. The smallest absolute Gasteiger partial charge is 0.247 e. The van der Waals surface area contributed by atoms with Gasteiger partial charge in [-0.1, -0.05) is 12.1 Å². The summed E-state index contributed by atoms with van der Waals surface area (Å²) in [5.41, 5.74) is 3.52. The van der Waals surface area contributed by atoms with E-state index in [1.54, 1.807) is 22.5 Å². The van der Waals surface area contributed by atoms with Crippen molar-refractivity contribution < 1.29 is 9.84 Å². The quantitative estimate of drug-likeness (QED) is 0.547. The molecule has 0 bridgehead atoms. The number of aliphatic hydroxyl groups is 1. The summed E-state index contributed by atoms with van der Waals surface area (Å²) in [6.45, 7) is 1.92. The number of rotatable bonds is 6. The van der Waals surface area contributed by atoms with Crippen molar-refractivity contribution >= 4 is 17.3 Å². The SMILES string of the molecule is COc1ccc(-c2cccn3nc(Nc4cnn([C@@H](C)CO)c4)nc23)cc1. The monoisotopic (exact) mass is 364 g/mol. The van der Waals surface area contributed by atoms with Gasteiger partial charge in [-0.05, 0) is 36.8 Å². The molecule has 0 saturated carbocycles. The van der Waals surface area contributed by atoms with E-state index < -0.39 is 0 Å². The van der Waals surface area contributed by atoms with Crippen molar-refractivity contribution in [3.05, 3.63) is 55.0 Å². The summed E-state index contributed by atoms with van der Waals surface area (Å²) in [6, 6.07) is 11.7. The number of hydrogen-bond donors (Lipinski definition) is 2. The van der Waals surface area contributed by atoms with E-state index in [1.165, 1.54) is 0 Å². The van der Waals surface area contributed by atoms with Crippen LogP contribution >= 0.6 is 0 Å². The maximum absolute atomic E-state index is 9.24. The Bertz CT molecular complexity index is 1050. The number of methoxy groups -OCH3 is 1. The lowest BCUT2D eigenvalue weighted by Crippen LogP contribution is -2.09. The number of aromatic nitrogens is 5. The molecule has 0 aliphatic carbocycles. The van der Waals surface area contributed by atoms with Crippen molar-refractivity contribution in [3.8, 4) is 16.9 Å². The zero-order chi connectivity index (χ0) is 18.8. The molecule has 1 aromatic carbocycles. The number of nitrogens with zero attached hydrogens (tertiary/aromatic N) is 5. The van der Waals surface area contributed by atoms with E-state index in [-0.39, 0.29) is 12.6 Å². The van der Waals surface area contributed by atoms with Crippen LogP contribution < -0.4 is 10.1 Å². The molecule has 27 heavy (non-hydrogen) atoms. The highest BCUT2D eigenvalue weighted by atomic mass is 16.5.